The van der Waals surface area contributed by atoms with Crippen LogP contribution in [0.3, 0.4) is 0 Å². The molecule has 0 aliphatic carbocycles. The number of carboxylic acid groups (broad SMARTS) is 1. The van der Waals surface area contributed by atoms with Gasteiger partial charge in [0.15, 0.2) is 0 Å². The maximum Gasteiger partial charge on any atom is 0.315 e. The van der Waals surface area contributed by atoms with Crippen LogP contribution in [-0.4, -0.2) is 42.9 Å². The maximum atomic E-state index is 11.5. The highest BCUT2D eigenvalue weighted by atomic mass is 16.5. The minimum atomic E-state index is -0.847. The highest BCUT2D eigenvalue weighted by Gasteiger charge is 2.16. The van der Waals surface area contributed by atoms with Crippen LogP contribution in [0.5, 0.6) is 0 Å². The number of rotatable bonds is 5. The molecule has 0 aromatic carbocycles. The summed E-state index contributed by atoms with van der Waals surface area (Å²) in [7, 11) is 0. The Hall–Kier alpha value is -1.30. The second kappa shape index (κ2) is 7.11. The number of carbonyl (C=O) groups excluding carboxylic acids is 1. The molecule has 0 spiro atoms. The number of hydrogen-bond donors (Lipinski definition) is 3. The van der Waals surface area contributed by atoms with Gasteiger partial charge in [-0.15, -0.1) is 0 Å². The molecule has 0 bridgehead atoms. The Morgan fingerprint density at radius 2 is 2.29 bits per heavy atom. The first-order valence-corrected chi connectivity index (χ1v) is 5.92. The van der Waals surface area contributed by atoms with Gasteiger partial charge in [0.25, 0.3) is 0 Å². The van der Waals surface area contributed by atoms with Crippen molar-refractivity contribution in [2.45, 2.75) is 32.2 Å². The van der Waals surface area contributed by atoms with E-state index in [4.69, 9.17) is 9.84 Å². The third-order valence-corrected chi connectivity index (χ3v) is 2.63. The van der Waals surface area contributed by atoms with Gasteiger partial charge in [0.1, 0.15) is 0 Å². The Morgan fingerprint density at radius 3 is 2.88 bits per heavy atom. The van der Waals surface area contributed by atoms with Crippen molar-refractivity contribution in [3.05, 3.63) is 0 Å². The van der Waals surface area contributed by atoms with Crippen molar-refractivity contribution in [1.82, 2.24) is 10.6 Å². The normalized spacial score (nSPS) is 21.6. The summed E-state index contributed by atoms with van der Waals surface area (Å²) in [4.78, 5) is 21.9. The molecule has 98 valence electrons. The van der Waals surface area contributed by atoms with Gasteiger partial charge in [-0.3, -0.25) is 4.79 Å². The fraction of sp³-hybridized carbons (Fsp3) is 0.818. The molecule has 2 amide bonds. The van der Waals surface area contributed by atoms with Gasteiger partial charge in [-0.1, -0.05) is 6.92 Å². The Bertz CT molecular complexity index is 264. The van der Waals surface area contributed by atoms with Crippen LogP contribution in [-0.2, 0) is 9.53 Å². The first-order valence-electron chi connectivity index (χ1n) is 5.92. The largest absolute Gasteiger partial charge is 0.481 e. The molecule has 1 aliphatic heterocycles. The predicted molar refractivity (Wildman–Crippen MR) is 61.8 cm³/mol. The quantitative estimate of drug-likeness (QED) is 0.660. The molecule has 1 heterocycles. The lowest BCUT2D eigenvalue weighted by molar-refractivity contribution is -0.137. The van der Waals surface area contributed by atoms with Crippen LogP contribution in [0.15, 0.2) is 0 Å². The summed E-state index contributed by atoms with van der Waals surface area (Å²) >= 11 is 0. The molecular formula is C11H20N2O4. The van der Waals surface area contributed by atoms with E-state index in [0.29, 0.717) is 13.2 Å². The summed E-state index contributed by atoms with van der Waals surface area (Å²) in [6, 6.07) is -0.184. The molecule has 1 saturated heterocycles. The standard InChI is InChI=1S/C11H20N2O4/c1-8(5-10(14)15)6-12-11(16)13-9-3-2-4-17-7-9/h8-9H,2-7H2,1H3,(H,14,15)(H2,12,13,16). The van der Waals surface area contributed by atoms with E-state index in [9.17, 15) is 9.59 Å². The molecular weight excluding hydrogens is 224 g/mol. The third-order valence-electron chi connectivity index (χ3n) is 2.63. The van der Waals surface area contributed by atoms with Crippen LogP contribution < -0.4 is 10.6 Å². The van der Waals surface area contributed by atoms with Crippen LogP contribution in [0.2, 0.25) is 0 Å². The fourth-order valence-corrected chi connectivity index (χ4v) is 1.73. The summed E-state index contributed by atoms with van der Waals surface area (Å²) in [6.45, 7) is 3.47. The molecule has 6 nitrogen and oxygen atoms in total. The summed E-state index contributed by atoms with van der Waals surface area (Å²) in [5.41, 5.74) is 0. The number of carbonyl (C=O) groups is 2. The van der Waals surface area contributed by atoms with Crippen LogP contribution >= 0.6 is 0 Å². The van der Waals surface area contributed by atoms with Gasteiger partial charge < -0.3 is 20.5 Å². The lowest BCUT2D eigenvalue weighted by Gasteiger charge is -2.23. The number of hydrogen-bond acceptors (Lipinski definition) is 3. The van der Waals surface area contributed by atoms with Crippen LogP contribution in [0.25, 0.3) is 0 Å². The van der Waals surface area contributed by atoms with Gasteiger partial charge in [-0.25, -0.2) is 4.79 Å². The van der Waals surface area contributed by atoms with E-state index in [2.05, 4.69) is 10.6 Å². The smallest absolute Gasteiger partial charge is 0.315 e. The minimum Gasteiger partial charge on any atom is -0.481 e. The number of carboxylic acids is 1. The van der Waals surface area contributed by atoms with Gasteiger partial charge in [0.05, 0.1) is 12.6 Å². The van der Waals surface area contributed by atoms with Crippen LogP contribution in [0.1, 0.15) is 26.2 Å². The van der Waals surface area contributed by atoms with Crippen molar-refractivity contribution in [1.29, 1.82) is 0 Å². The van der Waals surface area contributed by atoms with Crippen molar-refractivity contribution in [2.24, 2.45) is 5.92 Å². The predicted octanol–water partition coefficient (Wildman–Crippen LogP) is 0.575. The Labute approximate surface area is 101 Å². The minimum absolute atomic E-state index is 0.0623. The SMILES string of the molecule is CC(CNC(=O)NC1CCCOC1)CC(=O)O. The lowest BCUT2D eigenvalue weighted by Crippen LogP contribution is -2.46. The zero-order valence-electron chi connectivity index (χ0n) is 10.1. The molecule has 6 heteroatoms. The molecule has 2 unspecified atom stereocenters. The molecule has 0 aromatic rings. The van der Waals surface area contributed by atoms with Crippen molar-refractivity contribution >= 4 is 12.0 Å². The monoisotopic (exact) mass is 244 g/mol. The Morgan fingerprint density at radius 1 is 1.53 bits per heavy atom. The molecule has 1 rings (SSSR count). The number of urea groups is 1. The van der Waals surface area contributed by atoms with Crippen LogP contribution in [0.4, 0.5) is 4.79 Å². The van der Waals surface area contributed by atoms with E-state index in [0.717, 1.165) is 19.4 Å². The summed E-state index contributed by atoms with van der Waals surface area (Å²) in [6.07, 6.45) is 1.95. The van der Waals surface area contributed by atoms with Crippen molar-refractivity contribution < 1.29 is 19.4 Å². The highest BCUT2D eigenvalue weighted by Crippen LogP contribution is 2.05. The average molecular weight is 244 g/mol. The van der Waals surface area contributed by atoms with E-state index in [1.807, 2.05) is 0 Å². The lowest BCUT2D eigenvalue weighted by atomic mass is 10.1. The molecule has 0 saturated carbocycles. The van der Waals surface area contributed by atoms with Gasteiger partial charge in [0.2, 0.25) is 0 Å². The van der Waals surface area contributed by atoms with Gasteiger partial charge in [0, 0.05) is 19.6 Å². The topological polar surface area (TPSA) is 87.7 Å². The maximum absolute atomic E-state index is 11.5. The molecule has 2 atom stereocenters. The summed E-state index contributed by atoms with van der Waals surface area (Å²) in [5, 5.41) is 14.0. The van der Waals surface area contributed by atoms with E-state index in [1.165, 1.54) is 0 Å². The van der Waals surface area contributed by atoms with Gasteiger partial charge in [-0.05, 0) is 18.8 Å². The Balaban J connectivity index is 2.13. The second-order valence-electron chi connectivity index (χ2n) is 4.47. The number of nitrogens with one attached hydrogen (secondary N) is 2. The molecule has 1 aliphatic rings. The van der Waals surface area contributed by atoms with Crippen molar-refractivity contribution in [3.63, 3.8) is 0 Å². The average Bonchev–Trinajstić information content (AvgIpc) is 2.27. The Kier molecular flexibility index (Phi) is 5.76. The molecule has 0 aromatic heterocycles. The first-order chi connectivity index (χ1) is 8.08. The zero-order valence-corrected chi connectivity index (χ0v) is 10.1. The van der Waals surface area contributed by atoms with E-state index >= 15 is 0 Å². The van der Waals surface area contributed by atoms with Gasteiger partial charge in [-0.2, -0.15) is 0 Å². The van der Waals surface area contributed by atoms with E-state index in [1.54, 1.807) is 6.92 Å². The highest BCUT2D eigenvalue weighted by molar-refractivity contribution is 5.74. The zero-order chi connectivity index (χ0) is 12.7. The fourth-order valence-electron chi connectivity index (χ4n) is 1.73. The van der Waals surface area contributed by atoms with Gasteiger partial charge >= 0.3 is 12.0 Å². The second-order valence-corrected chi connectivity index (χ2v) is 4.47. The molecule has 0 radical (unpaired) electrons. The molecule has 1 fully saturated rings. The summed E-state index contributed by atoms with van der Waals surface area (Å²) in [5.74, 6) is -0.916. The first kappa shape index (κ1) is 13.8. The van der Waals surface area contributed by atoms with E-state index in [-0.39, 0.29) is 24.4 Å². The van der Waals surface area contributed by atoms with E-state index < -0.39 is 5.97 Å². The van der Waals surface area contributed by atoms with Crippen LogP contribution in [0, 0.1) is 5.92 Å². The van der Waals surface area contributed by atoms with Crippen molar-refractivity contribution in [3.8, 4) is 0 Å². The number of aliphatic carboxylic acids is 1. The third kappa shape index (κ3) is 6.11. The molecule has 3 N–H and O–H groups in total. The summed E-state index contributed by atoms with van der Waals surface area (Å²) < 4.78 is 5.24. The number of amides is 2. The number of ether oxygens (including phenoxy) is 1. The van der Waals surface area contributed by atoms with Crippen molar-refractivity contribution in [2.75, 3.05) is 19.8 Å². The molecule has 17 heavy (non-hydrogen) atoms.